The minimum absolute atomic E-state index is 0.186. The lowest BCUT2D eigenvalue weighted by atomic mass is 10.2. The van der Waals surface area contributed by atoms with Crippen molar-refractivity contribution in [3.8, 4) is 0 Å². The Kier molecular flexibility index (Phi) is 7.57. The number of nitrogens with one attached hydrogen (secondary N) is 1. The van der Waals surface area contributed by atoms with Crippen LogP contribution in [0.2, 0.25) is 0 Å². The molecule has 0 atom stereocenters. The number of primary amides is 1. The Morgan fingerprint density at radius 2 is 1.93 bits per heavy atom. The number of carbonyl (C=O) groups is 2. The molecule has 3 amide bonds. The van der Waals surface area contributed by atoms with E-state index in [0.717, 1.165) is 25.8 Å². The largest absolute Gasteiger partial charge is 0.351 e. The Bertz CT molecular complexity index is 208. The number of rotatable bonds is 7. The van der Waals surface area contributed by atoms with Crippen LogP contribution in [-0.2, 0) is 4.79 Å². The number of hydrogen-bond donors (Lipinski definition) is 3. The molecule has 0 aliphatic heterocycles. The lowest BCUT2D eigenvalue weighted by Gasteiger charge is -2.14. The molecule has 0 saturated heterocycles. The van der Waals surface area contributed by atoms with Crippen molar-refractivity contribution >= 4 is 11.9 Å². The van der Waals surface area contributed by atoms with Gasteiger partial charge in [-0.25, -0.2) is 4.79 Å². The second-order valence-electron chi connectivity index (χ2n) is 3.50. The van der Waals surface area contributed by atoms with E-state index in [4.69, 9.17) is 11.5 Å². The summed E-state index contributed by atoms with van der Waals surface area (Å²) in [7, 11) is 1.82. The van der Waals surface area contributed by atoms with E-state index in [2.05, 4.69) is 0 Å². The molecule has 0 aromatic carbocycles. The van der Waals surface area contributed by atoms with E-state index in [1.54, 1.807) is 0 Å². The van der Waals surface area contributed by atoms with Gasteiger partial charge in [-0.3, -0.25) is 15.0 Å². The Morgan fingerprint density at radius 1 is 1.27 bits per heavy atom. The Morgan fingerprint density at radius 3 is 2.47 bits per heavy atom. The highest BCUT2D eigenvalue weighted by Gasteiger charge is 2.07. The predicted molar refractivity (Wildman–Crippen MR) is 58.1 cm³/mol. The van der Waals surface area contributed by atoms with E-state index < -0.39 is 6.03 Å². The van der Waals surface area contributed by atoms with Crippen LogP contribution >= 0.6 is 0 Å². The van der Waals surface area contributed by atoms with Crippen LogP contribution in [0.25, 0.3) is 0 Å². The third-order valence-electron chi connectivity index (χ3n) is 1.92. The molecule has 0 saturated carbocycles. The average molecular weight is 216 g/mol. The fraction of sp³-hybridized carbons (Fsp3) is 0.778. The summed E-state index contributed by atoms with van der Waals surface area (Å²) in [5.74, 6) is -0.371. The Labute approximate surface area is 90.0 Å². The van der Waals surface area contributed by atoms with Gasteiger partial charge >= 0.3 is 6.03 Å². The standard InChI is InChI=1S/C9H20N4O2/c1-13(6-4-2-3-5-10)7-8(14)12-9(11)15/h2-7,10H2,1H3,(H3,11,12,14,15). The van der Waals surface area contributed by atoms with Gasteiger partial charge in [0.2, 0.25) is 5.91 Å². The van der Waals surface area contributed by atoms with Crippen molar-refractivity contribution in [3.63, 3.8) is 0 Å². The molecule has 5 N–H and O–H groups in total. The summed E-state index contributed by atoms with van der Waals surface area (Å²) in [6.45, 7) is 1.70. The number of urea groups is 1. The summed E-state index contributed by atoms with van der Waals surface area (Å²) in [5, 5.41) is 2.01. The molecular weight excluding hydrogens is 196 g/mol. The van der Waals surface area contributed by atoms with E-state index in [-0.39, 0.29) is 12.5 Å². The minimum atomic E-state index is -0.809. The molecule has 0 radical (unpaired) electrons. The van der Waals surface area contributed by atoms with Gasteiger partial charge in [-0.1, -0.05) is 6.42 Å². The molecule has 0 unspecified atom stereocenters. The smallest absolute Gasteiger partial charge is 0.318 e. The summed E-state index contributed by atoms with van der Waals surface area (Å²) in [5.41, 5.74) is 10.2. The fourth-order valence-corrected chi connectivity index (χ4v) is 1.20. The topological polar surface area (TPSA) is 101 Å². The van der Waals surface area contributed by atoms with Crippen LogP contribution in [0.4, 0.5) is 4.79 Å². The van der Waals surface area contributed by atoms with Gasteiger partial charge in [-0.05, 0) is 33.0 Å². The molecule has 6 heteroatoms. The van der Waals surface area contributed by atoms with Crippen molar-refractivity contribution < 1.29 is 9.59 Å². The highest BCUT2D eigenvalue weighted by atomic mass is 16.2. The number of nitrogens with two attached hydrogens (primary N) is 2. The van der Waals surface area contributed by atoms with Crippen molar-refractivity contribution in [1.82, 2.24) is 10.2 Å². The van der Waals surface area contributed by atoms with Gasteiger partial charge in [-0.15, -0.1) is 0 Å². The molecule has 0 rings (SSSR count). The molecule has 0 aliphatic rings. The summed E-state index contributed by atoms with van der Waals surface area (Å²) < 4.78 is 0. The van der Waals surface area contributed by atoms with E-state index in [1.807, 2.05) is 17.3 Å². The molecule has 0 fully saturated rings. The van der Waals surface area contributed by atoms with Crippen LogP contribution < -0.4 is 16.8 Å². The van der Waals surface area contributed by atoms with E-state index in [9.17, 15) is 9.59 Å². The van der Waals surface area contributed by atoms with Crippen LogP contribution in [0.1, 0.15) is 19.3 Å². The monoisotopic (exact) mass is 216 g/mol. The molecular formula is C9H20N4O2. The minimum Gasteiger partial charge on any atom is -0.351 e. The number of imide groups is 1. The zero-order valence-electron chi connectivity index (χ0n) is 9.16. The number of unbranched alkanes of at least 4 members (excludes halogenated alkanes) is 2. The normalized spacial score (nSPS) is 10.3. The third-order valence-corrected chi connectivity index (χ3v) is 1.92. The average Bonchev–Trinajstić information content (AvgIpc) is 2.10. The maximum absolute atomic E-state index is 11.1. The summed E-state index contributed by atoms with van der Waals surface area (Å²) >= 11 is 0. The predicted octanol–water partition coefficient (Wildman–Crippen LogP) is -0.758. The van der Waals surface area contributed by atoms with Gasteiger partial charge in [0.25, 0.3) is 0 Å². The molecule has 88 valence electrons. The molecule has 0 aliphatic carbocycles. The van der Waals surface area contributed by atoms with Crippen LogP contribution in [0.5, 0.6) is 0 Å². The fourth-order valence-electron chi connectivity index (χ4n) is 1.20. The van der Waals surface area contributed by atoms with Crippen LogP contribution in [-0.4, -0.2) is 43.5 Å². The second-order valence-corrected chi connectivity index (χ2v) is 3.50. The number of amides is 3. The first-order chi connectivity index (χ1) is 7.06. The van der Waals surface area contributed by atoms with Crippen molar-refractivity contribution in [1.29, 1.82) is 0 Å². The zero-order valence-corrected chi connectivity index (χ0v) is 9.16. The first-order valence-electron chi connectivity index (χ1n) is 5.04. The number of hydrogen-bond acceptors (Lipinski definition) is 4. The number of carbonyl (C=O) groups excluding carboxylic acids is 2. The first kappa shape index (κ1) is 13.9. The lowest BCUT2D eigenvalue weighted by Crippen LogP contribution is -2.41. The maximum Gasteiger partial charge on any atom is 0.318 e. The van der Waals surface area contributed by atoms with E-state index in [0.29, 0.717) is 6.54 Å². The van der Waals surface area contributed by atoms with Crippen molar-refractivity contribution in [2.45, 2.75) is 19.3 Å². The lowest BCUT2D eigenvalue weighted by molar-refractivity contribution is -0.120. The number of likely N-dealkylation sites (N-methyl/N-ethyl adjacent to an activating group) is 1. The Balaban J connectivity index is 3.51. The van der Waals surface area contributed by atoms with Crippen LogP contribution in [0.3, 0.4) is 0 Å². The molecule has 0 heterocycles. The van der Waals surface area contributed by atoms with Gasteiger partial charge in [-0.2, -0.15) is 0 Å². The van der Waals surface area contributed by atoms with Gasteiger partial charge in [0.1, 0.15) is 0 Å². The molecule has 15 heavy (non-hydrogen) atoms. The summed E-state index contributed by atoms with van der Waals surface area (Å²) in [6.07, 6.45) is 3.05. The quantitative estimate of drug-likeness (QED) is 0.487. The van der Waals surface area contributed by atoms with Gasteiger partial charge < -0.3 is 11.5 Å². The van der Waals surface area contributed by atoms with Crippen LogP contribution in [0, 0.1) is 0 Å². The van der Waals surface area contributed by atoms with E-state index >= 15 is 0 Å². The maximum atomic E-state index is 11.1. The molecule has 0 aromatic rings. The SMILES string of the molecule is CN(CCCCCN)CC(=O)NC(N)=O. The van der Waals surface area contributed by atoms with Crippen LogP contribution in [0.15, 0.2) is 0 Å². The van der Waals surface area contributed by atoms with Gasteiger partial charge in [0.15, 0.2) is 0 Å². The first-order valence-corrected chi connectivity index (χ1v) is 5.04. The summed E-state index contributed by atoms with van der Waals surface area (Å²) in [6, 6.07) is -0.809. The van der Waals surface area contributed by atoms with Gasteiger partial charge in [0, 0.05) is 0 Å². The third kappa shape index (κ3) is 9.17. The molecule has 0 bridgehead atoms. The molecule has 6 nitrogen and oxygen atoms in total. The number of nitrogens with zero attached hydrogens (tertiary/aromatic N) is 1. The highest BCUT2D eigenvalue weighted by molar-refractivity contribution is 5.94. The zero-order chi connectivity index (χ0) is 11.7. The molecule has 0 spiro atoms. The Hall–Kier alpha value is -1.14. The molecule has 0 aromatic heterocycles. The summed E-state index contributed by atoms with van der Waals surface area (Å²) in [4.78, 5) is 23.3. The van der Waals surface area contributed by atoms with E-state index in [1.165, 1.54) is 0 Å². The van der Waals surface area contributed by atoms with Crippen molar-refractivity contribution in [2.24, 2.45) is 11.5 Å². The second kappa shape index (κ2) is 8.19. The highest BCUT2D eigenvalue weighted by Crippen LogP contribution is 1.95. The van der Waals surface area contributed by atoms with Gasteiger partial charge in [0.05, 0.1) is 6.54 Å². The van der Waals surface area contributed by atoms with Crippen molar-refractivity contribution in [3.05, 3.63) is 0 Å². The van der Waals surface area contributed by atoms with Crippen molar-refractivity contribution in [2.75, 3.05) is 26.7 Å².